The van der Waals surface area contributed by atoms with Crippen molar-refractivity contribution < 1.29 is 8.42 Å². The molecule has 0 amide bonds. The topological polar surface area (TPSA) is 74.1 Å². The molecule has 1 atom stereocenters. The quantitative estimate of drug-likeness (QED) is 0.796. The van der Waals surface area contributed by atoms with Crippen LogP contribution in [0.3, 0.4) is 0 Å². The van der Waals surface area contributed by atoms with Gasteiger partial charge in [0.1, 0.15) is 4.90 Å². The Morgan fingerprint density at radius 3 is 2.48 bits per heavy atom. The van der Waals surface area contributed by atoms with Crippen molar-refractivity contribution in [1.82, 2.24) is 9.29 Å². The van der Waals surface area contributed by atoms with Gasteiger partial charge in [0.15, 0.2) is 0 Å². The third-order valence-corrected chi connectivity index (χ3v) is 6.22. The zero-order chi connectivity index (χ0) is 15.3. The van der Waals surface area contributed by atoms with Crippen LogP contribution in [0.15, 0.2) is 28.3 Å². The van der Waals surface area contributed by atoms with E-state index in [1.54, 1.807) is 23.4 Å². The Hall–Kier alpha value is -1.10. The highest BCUT2D eigenvalue weighted by Gasteiger charge is 2.25. The number of hydrogen-bond donors (Lipinski definition) is 0. The second-order valence-electron chi connectivity index (χ2n) is 5.04. The zero-order valence-corrected chi connectivity index (χ0v) is 13.7. The lowest BCUT2D eigenvalue weighted by Gasteiger charge is -2.19. The number of nitrogens with zero attached hydrogens (tertiary/aromatic N) is 3. The molecule has 0 spiro atoms. The smallest absolute Gasteiger partial charge is 0.244 e. The number of thioether (sulfide) groups is 1. The Morgan fingerprint density at radius 2 is 1.95 bits per heavy atom. The molecule has 0 N–H and O–H groups in total. The molecule has 0 aromatic carbocycles. The molecule has 1 saturated heterocycles. The third-order valence-electron chi connectivity index (χ3n) is 3.39. The number of rotatable bonds is 4. The molecule has 1 fully saturated rings. The average molecular weight is 325 g/mol. The second kappa shape index (κ2) is 7.25. The highest BCUT2D eigenvalue weighted by Crippen LogP contribution is 2.24. The van der Waals surface area contributed by atoms with Crippen molar-refractivity contribution in [3.05, 3.63) is 18.3 Å². The molecule has 114 valence electrons. The summed E-state index contributed by atoms with van der Waals surface area (Å²) >= 11 is 1.32. The maximum Gasteiger partial charge on any atom is 0.244 e. The van der Waals surface area contributed by atoms with Gasteiger partial charge >= 0.3 is 0 Å². The first-order chi connectivity index (χ1) is 10.0. The Bertz CT molecular complexity index is 600. The summed E-state index contributed by atoms with van der Waals surface area (Å²) in [5.74, 6) is 0. The van der Waals surface area contributed by atoms with E-state index in [-0.39, 0.29) is 10.1 Å². The summed E-state index contributed by atoms with van der Waals surface area (Å²) < 4.78 is 26.7. The van der Waals surface area contributed by atoms with Gasteiger partial charge in [-0.1, -0.05) is 24.6 Å². The highest BCUT2D eigenvalue weighted by molar-refractivity contribution is 8.00. The lowest BCUT2D eigenvalue weighted by molar-refractivity contribution is 0.423. The van der Waals surface area contributed by atoms with E-state index in [0.717, 1.165) is 25.7 Å². The molecule has 0 radical (unpaired) electrons. The molecule has 0 bridgehead atoms. The molecule has 2 rings (SSSR count). The van der Waals surface area contributed by atoms with Gasteiger partial charge < -0.3 is 0 Å². The maximum atomic E-state index is 12.6. The van der Waals surface area contributed by atoms with Crippen LogP contribution in [0.4, 0.5) is 0 Å². The molecule has 21 heavy (non-hydrogen) atoms. The summed E-state index contributed by atoms with van der Waals surface area (Å²) in [4.78, 5) is 4.39. The van der Waals surface area contributed by atoms with Crippen LogP contribution in [-0.4, -0.2) is 36.0 Å². The van der Waals surface area contributed by atoms with Gasteiger partial charge in [-0.05, 0) is 31.9 Å². The van der Waals surface area contributed by atoms with Crippen molar-refractivity contribution in [2.75, 3.05) is 13.1 Å². The van der Waals surface area contributed by atoms with Crippen LogP contribution in [0.2, 0.25) is 0 Å². The summed E-state index contributed by atoms with van der Waals surface area (Å²) in [6.07, 6.45) is 5.41. The molecule has 0 unspecified atom stereocenters. The highest BCUT2D eigenvalue weighted by atomic mass is 32.2. The number of pyridine rings is 1. The van der Waals surface area contributed by atoms with E-state index in [1.807, 2.05) is 0 Å². The molecular weight excluding hydrogens is 306 g/mol. The molecule has 1 aliphatic heterocycles. The van der Waals surface area contributed by atoms with Crippen molar-refractivity contribution in [2.45, 2.75) is 47.8 Å². The van der Waals surface area contributed by atoms with Crippen LogP contribution >= 0.6 is 11.8 Å². The summed E-state index contributed by atoms with van der Waals surface area (Å²) in [6, 6.07) is 5.37. The predicted octanol–water partition coefficient (Wildman–Crippen LogP) is 2.65. The fourth-order valence-corrected chi connectivity index (χ4v) is 4.37. The van der Waals surface area contributed by atoms with Gasteiger partial charge in [0.2, 0.25) is 10.0 Å². The van der Waals surface area contributed by atoms with E-state index in [2.05, 4.69) is 11.1 Å². The van der Waals surface area contributed by atoms with Crippen molar-refractivity contribution in [3.8, 4) is 6.07 Å². The standard InChI is InChI=1S/C14H19N3O2S2/c1-12(10-15)20-14-7-6-13(11-16-14)21(18,19)17-8-4-2-3-5-9-17/h6-7,11-12H,2-5,8-9H2,1H3/t12-/m0/s1. The monoisotopic (exact) mass is 325 g/mol. The van der Waals surface area contributed by atoms with E-state index < -0.39 is 10.0 Å². The fraction of sp³-hybridized carbons (Fsp3) is 0.571. The summed E-state index contributed by atoms with van der Waals surface area (Å²) in [6.45, 7) is 2.96. The molecule has 0 aliphatic carbocycles. The van der Waals surface area contributed by atoms with Crippen LogP contribution in [-0.2, 0) is 10.0 Å². The molecule has 0 saturated carbocycles. The van der Waals surface area contributed by atoms with Gasteiger partial charge in [-0.2, -0.15) is 9.57 Å². The number of hydrogen-bond acceptors (Lipinski definition) is 5. The summed E-state index contributed by atoms with van der Waals surface area (Å²) in [7, 11) is -3.44. The van der Waals surface area contributed by atoms with Crippen LogP contribution in [0, 0.1) is 11.3 Å². The Kier molecular flexibility index (Phi) is 5.62. The van der Waals surface area contributed by atoms with E-state index in [9.17, 15) is 8.42 Å². The minimum absolute atomic E-state index is 0.203. The van der Waals surface area contributed by atoms with Gasteiger partial charge in [0.05, 0.1) is 16.3 Å². The van der Waals surface area contributed by atoms with Crippen LogP contribution in [0.1, 0.15) is 32.6 Å². The van der Waals surface area contributed by atoms with Gasteiger partial charge in [0.25, 0.3) is 0 Å². The Labute approximate surface area is 130 Å². The summed E-state index contributed by atoms with van der Waals surface area (Å²) in [5.41, 5.74) is 0. The van der Waals surface area contributed by atoms with Gasteiger partial charge in [-0.15, -0.1) is 0 Å². The number of aromatic nitrogens is 1. The van der Waals surface area contributed by atoms with E-state index in [4.69, 9.17) is 5.26 Å². The van der Waals surface area contributed by atoms with Crippen LogP contribution < -0.4 is 0 Å². The van der Waals surface area contributed by atoms with Crippen LogP contribution in [0.25, 0.3) is 0 Å². The second-order valence-corrected chi connectivity index (χ2v) is 8.34. The third kappa shape index (κ3) is 4.19. The molecular formula is C14H19N3O2S2. The first kappa shape index (κ1) is 16.3. The molecule has 7 heteroatoms. The van der Waals surface area contributed by atoms with Crippen molar-refractivity contribution in [3.63, 3.8) is 0 Å². The van der Waals surface area contributed by atoms with E-state index in [0.29, 0.717) is 18.1 Å². The van der Waals surface area contributed by atoms with Gasteiger partial charge in [0, 0.05) is 19.3 Å². The fourth-order valence-electron chi connectivity index (χ4n) is 2.23. The minimum Gasteiger partial charge on any atom is -0.249 e. The van der Waals surface area contributed by atoms with Gasteiger partial charge in [-0.25, -0.2) is 13.4 Å². The van der Waals surface area contributed by atoms with Crippen molar-refractivity contribution >= 4 is 21.8 Å². The molecule has 1 aromatic rings. The molecule has 1 aromatic heterocycles. The van der Waals surface area contributed by atoms with E-state index >= 15 is 0 Å². The molecule has 5 nitrogen and oxygen atoms in total. The predicted molar refractivity (Wildman–Crippen MR) is 82.4 cm³/mol. The number of sulfonamides is 1. The normalized spacial score (nSPS) is 18.7. The van der Waals surface area contributed by atoms with E-state index in [1.165, 1.54) is 18.0 Å². The SMILES string of the molecule is C[C@@H](C#N)Sc1ccc(S(=O)(=O)N2CCCCCC2)cn1. The number of nitriles is 1. The summed E-state index contributed by atoms with van der Waals surface area (Å²) in [5, 5.41) is 9.24. The minimum atomic E-state index is -3.44. The maximum absolute atomic E-state index is 12.6. The zero-order valence-electron chi connectivity index (χ0n) is 12.0. The Balaban J connectivity index is 2.15. The average Bonchev–Trinajstić information content (AvgIpc) is 2.77. The Morgan fingerprint density at radius 1 is 1.29 bits per heavy atom. The van der Waals surface area contributed by atoms with Crippen molar-refractivity contribution in [1.29, 1.82) is 5.26 Å². The van der Waals surface area contributed by atoms with Gasteiger partial charge in [-0.3, -0.25) is 0 Å². The first-order valence-corrected chi connectivity index (χ1v) is 9.38. The lowest BCUT2D eigenvalue weighted by atomic mass is 10.2. The molecule has 2 heterocycles. The lowest BCUT2D eigenvalue weighted by Crippen LogP contribution is -2.32. The van der Waals surface area contributed by atoms with Crippen LogP contribution in [0.5, 0.6) is 0 Å². The molecule has 1 aliphatic rings. The first-order valence-electron chi connectivity index (χ1n) is 7.06. The van der Waals surface area contributed by atoms with Crippen molar-refractivity contribution in [2.24, 2.45) is 0 Å². The largest absolute Gasteiger partial charge is 0.249 e.